The summed E-state index contributed by atoms with van der Waals surface area (Å²) in [7, 11) is 7.97. The molecule has 4 aromatic rings. The molecule has 2 aromatic carbocycles. The van der Waals surface area contributed by atoms with Gasteiger partial charge < -0.3 is 28.1 Å². The van der Waals surface area contributed by atoms with Gasteiger partial charge in [-0.25, -0.2) is 4.98 Å². The topological polar surface area (TPSA) is 72.2 Å². The van der Waals surface area contributed by atoms with Crippen LogP contribution in [0.15, 0.2) is 53.1 Å². The molecule has 2 heterocycles. The minimum absolute atomic E-state index is 0.516. The molecule has 0 fully saturated rings. The summed E-state index contributed by atoms with van der Waals surface area (Å²) in [6.07, 6.45) is 1.66. The molecule has 7 nitrogen and oxygen atoms in total. The Bertz CT molecular complexity index is 1190. The highest BCUT2D eigenvalue weighted by molar-refractivity contribution is 6.00. The molecule has 0 aliphatic rings. The van der Waals surface area contributed by atoms with Gasteiger partial charge in [0.15, 0.2) is 17.1 Å². The largest absolute Gasteiger partial charge is 0.497 e. The molecule has 0 atom stereocenters. The molecular formula is C24H23NO6. The van der Waals surface area contributed by atoms with Crippen molar-refractivity contribution in [3.05, 3.63) is 48.7 Å². The first kappa shape index (κ1) is 20.4. The van der Waals surface area contributed by atoms with E-state index in [4.69, 9.17) is 28.1 Å². The fourth-order valence-electron chi connectivity index (χ4n) is 3.51. The first-order chi connectivity index (χ1) is 15.1. The molecule has 0 N–H and O–H groups in total. The third-order valence-corrected chi connectivity index (χ3v) is 5.04. The summed E-state index contributed by atoms with van der Waals surface area (Å²) in [5.41, 5.74) is 3.80. The molecule has 0 saturated carbocycles. The summed E-state index contributed by atoms with van der Waals surface area (Å²) in [6.45, 7) is 0. The molecule has 4 rings (SSSR count). The van der Waals surface area contributed by atoms with Crippen LogP contribution in [0.1, 0.15) is 0 Å². The normalized spacial score (nSPS) is 10.7. The van der Waals surface area contributed by atoms with Crippen LogP contribution in [0, 0.1) is 0 Å². The Labute approximate surface area is 180 Å². The maximum atomic E-state index is 6.26. The molecule has 0 saturated heterocycles. The molecule has 2 aromatic heterocycles. The molecule has 7 heteroatoms. The zero-order valence-electron chi connectivity index (χ0n) is 18.0. The van der Waals surface area contributed by atoms with Crippen LogP contribution in [0.5, 0.6) is 28.7 Å². The van der Waals surface area contributed by atoms with E-state index in [1.165, 1.54) is 0 Å². The Hall–Kier alpha value is -3.87. The first-order valence-corrected chi connectivity index (χ1v) is 9.54. The number of pyridine rings is 1. The van der Waals surface area contributed by atoms with Gasteiger partial charge in [0.05, 0.1) is 47.3 Å². The van der Waals surface area contributed by atoms with Crippen molar-refractivity contribution in [1.82, 2.24) is 4.98 Å². The SMILES string of the molecule is COc1ccc(-c2oc3cc(OC)cnc3c2-c2cc(OC)c(OC)c(OC)c2)cc1. The van der Waals surface area contributed by atoms with E-state index in [9.17, 15) is 0 Å². The number of rotatable bonds is 7. The lowest BCUT2D eigenvalue weighted by Crippen LogP contribution is -1.96. The predicted molar refractivity (Wildman–Crippen MR) is 118 cm³/mol. The summed E-state index contributed by atoms with van der Waals surface area (Å²) in [4.78, 5) is 4.61. The quantitative estimate of drug-likeness (QED) is 0.406. The van der Waals surface area contributed by atoms with Gasteiger partial charge in [-0.15, -0.1) is 0 Å². The first-order valence-electron chi connectivity index (χ1n) is 9.54. The number of hydrogen-bond donors (Lipinski definition) is 0. The lowest BCUT2D eigenvalue weighted by Gasteiger charge is -2.14. The van der Waals surface area contributed by atoms with E-state index in [0.29, 0.717) is 39.9 Å². The standard InChI is InChI=1S/C24H23NO6/c1-26-16-8-6-14(7-9-16)23-21(22-18(31-23)12-17(27-2)13-25-22)15-10-19(28-3)24(30-5)20(11-15)29-4/h6-13H,1-5H3. The molecule has 0 radical (unpaired) electrons. The van der Waals surface area contributed by atoms with Crippen molar-refractivity contribution < 1.29 is 28.1 Å². The second-order valence-electron chi connectivity index (χ2n) is 6.67. The van der Waals surface area contributed by atoms with Crippen LogP contribution in [0.3, 0.4) is 0 Å². The number of fused-ring (bicyclic) bond motifs is 1. The van der Waals surface area contributed by atoms with Crippen molar-refractivity contribution in [2.45, 2.75) is 0 Å². The Morgan fingerprint density at radius 3 is 1.87 bits per heavy atom. The molecule has 160 valence electrons. The Morgan fingerprint density at radius 2 is 1.32 bits per heavy atom. The predicted octanol–water partition coefficient (Wildman–Crippen LogP) is 5.20. The zero-order chi connectivity index (χ0) is 22.0. The van der Waals surface area contributed by atoms with Crippen molar-refractivity contribution in [3.63, 3.8) is 0 Å². The molecule has 0 aliphatic carbocycles. The number of aromatic nitrogens is 1. The molecule has 0 unspecified atom stereocenters. The van der Waals surface area contributed by atoms with Gasteiger partial charge in [0.25, 0.3) is 0 Å². The Kier molecular flexibility index (Phi) is 5.58. The van der Waals surface area contributed by atoms with E-state index in [2.05, 4.69) is 4.98 Å². The van der Waals surface area contributed by atoms with Gasteiger partial charge in [-0.3, -0.25) is 0 Å². The number of ether oxygens (including phenoxy) is 5. The van der Waals surface area contributed by atoms with E-state index >= 15 is 0 Å². The minimum atomic E-state index is 0.516. The molecular weight excluding hydrogens is 398 g/mol. The number of benzene rings is 2. The summed E-state index contributed by atoms with van der Waals surface area (Å²) >= 11 is 0. The fourth-order valence-corrected chi connectivity index (χ4v) is 3.51. The minimum Gasteiger partial charge on any atom is -0.497 e. The highest BCUT2D eigenvalue weighted by Gasteiger charge is 2.23. The van der Waals surface area contributed by atoms with Crippen molar-refractivity contribution >= 4 is 11.1 Å². The second kappa shape index (κ2) is 8.47. The van der Waals surface area contributed by atoms with E-state index < -0.39 is 0 Å². The lowest BCUT2D eigenvalue weighted by atomic mass is 9.99. The monoisotopic (exact) mass is 421 g/mol. The lowest BCUT2D eigenvalue weighted by molar-refractivity contribution is 0.324. The highest BCUT2D eigenvalue weighted by Crippen LogP contribution is 2.46. The Morgan fingerprint density at radius 1 is 0.677 bits per heavy atom. The smallest absolute Gasteiger partial charge is 0.203 e. The van der Waals surface area contributed by atoms with Crippen molar-refractivity contribution in [3.8, 4) is 51.2 Å². The molecule has 31 heavy (non-hydrogen) atoms. The van der Waals surface area contributed by atoms with Gasteiger partial charge in [0.1, 0.15) is 22.8 Å². The van der Waals surface area contributed by atoms with Crippen LogP contribution < -0.4 is 23.7 Å². The van der Waals surface area contributed by atoms with Crippen LogP contribution >= 0.6 is 0 Å². The average Bonchev–Trinajstić information content (AvgIpc) is 3.21. The van der Waals surface area contributed by atoms with Crippen LogP contribution in [0.4, 0.5) is 0 Å². The summed E-state index contributed by atoms with van der Waals surface area (Å²) in [5, 5.41) is 0. The van der Waals surface area contributed by atoms with Gasteiger partial charge in [-0.05, 0) is 42.0 Å². The van der Waals surface area contributed by atoms with Gasteiger partial charge in [-0.1, -0.05) is 0 Å². The van der Waals surface area contributed by atoms with Gasteiger partial charge in [0.2, 0.25) is 5.75 Å². The van der Waals surface area contributed by atoms with E-state index in [0.717, 1.165) is 22.4 Å². The summed E-state index contributed by atoms with van der Waals surface area (Å²) in [6, 6.07) is 13.2. The number of methoxy groups -OCH3 is 5. The molecule has 0 amide bonds. The summed E-state index contributed by atoms with van der Waals surface area (Å²) in [5.74, 6) is 3.63. The third-order valence-electron chi connectivity index (χ3n) is 5.04. The van der Waals surface area contributed by atoms with Crippen LogP contribution in [-0.2, 0) is 0 Å². The maximum absolute atomic E-state index is 6.26. The van der Waals surface area contributed by atoms with Crippen LogP contribution in [0.2, 0.25) is 0 Å². The van der Waals surface area contributed by atoms with Crippen molar-refractivity contribution in [2.75, 3.05) is 35.5 Å². The van der Waals surface area contributed by atoms with Gasteiger partial charge >= 0.3 is 0 Å². The summed E-state index contributed by atoms with van der Waals surface area (Å²) < 4.78 is 33.4. The number of nitrogens with zero attached hydrogens (tertiary/aromatic N) is 1. The average molecular weight is 421 g/mol. The maximum Gasteiger partial charge on any atom is 0.203 e. The zero-order valence-corrected chi connectivity index (χ0v) is 18.0. The Balaban J connectivity index is 2.01. The van der Waals surface area contributed by atoms with Crippen molar-refractivity contribution in [2.24, 2.45) is 0 Å². The van der Waals surface area contributed by atoms with Gasteiger partial charge in [0, 0.05) is 11.6 Å². The van der Waals surface area contributed by atoms with E-state index in [-0.39, 0.29) is 0 Å². The fraction of sp³-hybridized carbons (Fsp3) is 0.208. The second-order valence-corrected chi connectivity index (χ2v) is 6.67. The highest BCUT2D eigenvalue weighted by atomic mass is 16.5. The van der Waals surface area contributed by atoms with Crippen LogP contribution in [-0.4, -0.2) is 40.5 Å². The van der Waals surface area contributed by atoms with Crippen LogP contribution in [0.25, 0.3) is 33.6 Å². The molecule has 0 aliphatic heterocycles. The third kappa shape index (κ3) is 3.59. The molecule has 0 bridgehead atoms. The van der Waals surface area contributed by atoms with E-state index in [1.54, 1.807) is 41.7 Å². The molecule has 0 spiro atoms. The van der Waals surface area contributed by atoms with Crippen molar-refractivity contribution in [1.29, 1.82) is 0 Å². The number of furan rings is 1. The van der Waals surface area contributed by atoms with E-state index in [1.807, 2.05) is 42.5 Å². The van der Waals surface area contributed by atoms with Gasteiger partial charge in [-0.2, -0.15) is 0 Å². The number of hydrogen-bond acceptors (Lipinski definition) is 7.